The Bertz CT molecular complexity index is 251. The summed E-state index contributed by atoms with van der Waals surface area (Å²) in [4.78, 5) is 4.95. The van der Waals surface area contributed by atoms with E-state index in [2.05, 4.69) is 55.6 Å². The summed E-state index contributed by atoms with van der Waals surface area (Å²) in [6.07, 6.45) is 0.325. The number of hydrogen-bond acceptors (Lipinski definition) is 5. The van der Waals surface area contributed by atoms with E-state index in [1.165, 1.54) is 6.54 Å². The molecule has 0 aliphatic carbocycles. The van der Waals surface area contributed by atoms with E-state index < -0.39 is 0 Å². The van der Waals surface area contributed by atoms with Crippen molar-refractivity contribution in [3.05, 3.63) is 0 Å². The van der Waals surface area contributed by atoms with Crippen LogP contribution in [-0.4, -0.2) is 80.6 Å². The average Bonchev–Trinajstić information content (AvgIpc) is 2.36. The summed E-state index contributed by atoms with van der Waals surface area (Å²) in [5.41, 5.74) is 0. The molecule has 0 aromatic rings. The average molecular weight is 304 g/mol. The number of morpholine rings is 1. The first-order valence-electron chi connectivity index (χ1n) is 7.88. The largest absolute Gasteiger partial charge is 0.374 e. The first kappa shape index (κ1) is 18.2. The van der Waals surface area contributed by atoms with Gasteiger partial charge in [0.1, 0.15) is 0 Å². The van der Waals surface area contributed by atoms with E-state index in [9.17, 15) is 0 Å². The minimum atomic E-state index is 0.325. The van der Waals surface area contributed by atoms with Gasteiger partial charge in [-0.25, -0.2) is 0 Å². The molecule has 1 unspecified atom stereocenters. The molecular weight excluding hydrogens is 270 g/mol. The fourth-order valence-electron chi connectivity index (χ4n) is 2.59. The Labute approximate surface area is 130 Å². The molecule has 120 valence electrons. The lowest BCUT2D eigenvalue weighted by Crippen LogP contribution is -2.49. The van der Waals surface area contributed by atoms with Gasteiger partial charge in [0, 0.05) is 51.1 Å². The van der Waals surface area contributed by atoms with Crippen molar-refractivity contribution in [1.82, 2.24) is 15.1 Å². The molecule has 0 bridgehead atoms. The van der Waals surface area contributed by atoms with E-state index in [4.69, 9.17) is 4.74 Å². The zero-order valence-electron chi connectivity index (χ0n) is 13.6. The highest BCUT2D eigenvalue weighted by Gasteiger charge is 2.20. The normalized spacial score (nSPS) is 22.6. The van der Waals surface area contributed by atoms with E-state index >= 15 is 0 Å². The third kappa shape index (κ3) is 8.47. The van der Waals surface area contributed by atoms with Crippen LogP contribution in [0.5, 0.6) is 0 Å². The third-order valence-electron chi connectivity index (χ3n) is 3.51. The van der Waals surface area contributed by atoms with E-state index in [1.807, 2.05) is 0 Å². The van der Waals surface area contributed by atoms with Crippen LogP contribution in [0.2, 0.25) is 0 Å². The molecular formula is C15H33N3OS. The summed E-state index contributed by atoms with van der Waals surface area (Å²) in [5.74, 6) is 0.741. The van der Waals surface area contributed by atoms with E-state index in [1.54, 1.807) is 0 Å². The van der Waals surface area contributed by atoms with Crippen LogP contribution in [0.3, 0.4) is 0 Å². The van der Waals surface area contributed by atoms with Gasteiger partial charge in [-0.3, -0.25) is 4.90 Å². The van der Waals surface area contributed by atoms with Crippen LogP contribution in [0.25, 0.3) is 0 Å². The number of nitrogens with zero attached hydrogens (tertiary/aromatic N) is 2. The molecule has 0 amide bonds. The summed E-state index contributed by atoms with van der Waals surface area (Å²) in [5, 5.41) is 3.83. The topological polar surface area (TPSA) is 27.7 Å². The van der Waals surface area contributed by atoms with Gasteiger partial charge in [0.15, 0.2) is 0 Å². The molecule has 0 aromatic carbocycles. The second-order valence-corrected chi connectivity index (χ2v) is 7.34. The van der Waals surface area contributed by atoms with Crippen LogP contribution < -0.4 is 5.32 Å². The predicted molar refractivity (Wildman–Crippen MR) is 89.8 cm³/mol. The molecule has 1 saturated heterocycles. The first-order valence-corrected chi connectivity index (χ1v) is 8.40. The summed E-state index contributed by atoms with van der Waals surface area (Å²) >= 11 is 4.38. The van der Waals surface area contributed by atoms with Crippen LogP contribution >= 0.6 is 12.6 Å². The maximum Gasteiger partial charge on any atom is 0.0826 e. The molecule has 1 aliphatic rings. The lowest BCUT2D eigenvalue weighted by Gasteiger charge is -2.34. The van der Waals surface area contributed by atoms with E-state index in [-0.39, 0.29) is 0 Å². The highest BCUT2D eigenvalue weighted by atomic mass is 32.1. The Morgan fingerprint density at radius 1 is 1.40 bits per heavy atom. The number of hydrogen-bond donors (Lipinski definition) is 2. The van der Waals surface area contributed by atoms with Gasteiger partial charge < -0.3 is 15.0 Å². The number of thiol groups is 1. The van der Waals surface area contributed by atoms with Gasteiger partial charge in [0.25, 0.3) is 0 Å². The van der Waals surface area contributed by atoms with E-state index in [0.29, 0.717) is 11.4 Å². The number of nitrogens with one attached hydrogen (secondary N) is 1. The van der Waals surface area contributed by atoms with Crippen LogP contribution in [0, 0.1) is 5.92 Å². The van der Waals surface area contributed by atoms with Crippen molar-refractivity contribution in [3.63, 3.8) is 0 Å². The molecule has 1 fully saturated rings. The van der Waals surface area contributed by atoms with Crippen molar-refractivity contribution in [2.45, 2.75) is 32.1 Å². The van der Waals surface area contributed by atoms with Gasteiger partial charge in [-0.15, -0.1) is 0 Å². The van der Waals surface area contributed by atoms with Crippen molar-refractivity contribution in [2.24, 2.45) is 5.92 Å². The third-order valence-corrected chi connectivity index (χ3v) is 3.69. The van der Waals surface area contributed by atoms with Gasteiger partial charge in [-0.2, -0.15) is 12.6 Å². The summed E-state index contributed by atoms with van der Waals surface area (Å²) in [6, 6.07) is 0. The molecule has 20 heavy (non-hydrogen) atoms. The SMILES string of the molecule is CC(C)CN(C)CCN1CCO[C@@H](CNCC(C)S)C1. The van der Waals surface area contributed by atoms with E-state index in [0.717, 1.165) is 51.8 Å². The van der Waals surface area contributed by atoms with Crippen molar-refractivity contribution >= 4 is 12.6 Å². The Balaban J connectivity index is 2.16. The maximum atomic E-state index is 5.82. The fraction of sp³-hybridized carbons (Fsp3) is 1.00. The highest BCUT2D eigenvalue weighted by molar-refractivity contribution is 7.80. The second-order valence-electron chi connectivity index (χ2n) is 6.46. The molecule has 1 heterocycles. The lowest BCUT2D eigenvalue weighted by atomic mass is 10.2. The molecule has 4 nitrogen and oxygen atoms in total. The predicted octanol–water partition coefficient (Wildman–Crippen LogP) is 1.18. The Morgan fingerprint density at radius 2 is 2.15 bits per heavy atom. The molecule has 2 atom stereocenters. The molecule has 5 heteroatoms. The zero-order chi connectivity index (χ0) is 15.0. The maximum absolute atomic E-state index is 5.82. The summed E-state index contributed by atoms with van der Waals surface area (Å²) < 4.78 is 5.82. The van der Waals surface area contributed by atoms with Gasteiger partial charge in [-0.1, -0.05) is 20.8 Å². The number of likely N-dealkylation sites (N-methyl/N-ethyl adjacent to an activating group) is 1. The Kier molecular flexibility index (Phi) is 9.13. The minimum absolute atomic E-state index is 0.325. The minimum Gasteiger partial charge on any atom is -0.374 e. The number of rotatable bonds is 9. The van der Waals surface area contributed by atoms with Gasteiger partial charge in [0.05, 0.1) is 12.7 Å². The lowest BCUT2D eigenvalue weighted by molar-refractivity contribution is -0.0287. The quantitative estimate of drug-likeness (QED) is 0.626. The van der Waals surface area contributed by atoms with Gasteiger partial charge in [-0.05, 0) is 13.0 Å². The Morgan fingerprint density at radius 3 is 2.80 bits per heavy atom. The van der Waals surface area contributed by atoms with Crippen LogP contribution in [0.1, 0.15) is 20.8 Å². The monoisotopic (exact) mass is 303 g/mol. The molecule has 0 aromatic heterocycles. The fourth-order valence-corrected chi connectivity index (χ4v) is 2.72. The Hall–Kier alpha value is 0.190. The molecule has 1 rings (SSSR count). The van der Waals surface area contributed by atoms with Gasteiger partial charge in [0.2, 0.25) is 0 Å². The van der Waals surface area contributed by atoms with Gasteiger partial charge >= 0.3 is 0 Å². The van der Waals surface area contributed by atoms with Crippen LogP contribution in [0.4, 0.5) is 0 Å². The molecule has 1 aliphatic heterocycles. The molecule has 1 N–H and O–H groups in total. The highest BCUT2D eigenvalue weighted by Crippen LogP contribution is 2.05. The van der Waals surface area contributed by atoms with Crippen molar-refractivity contribution in [2.75, 3.05) is 59.5 Å². The summed E-state index contributed by atoms with van der Waals surface area (Å²) in [6.45, 7) is 15.0. The summed E-state index contributed by atoms with van der Waals surface area (Å²) in [7, 11) is 2.22. The van der Waals surface area contributed by atoms with Crippen molar-refractivity contribution in [3.8, 4) is 0 Å². The standard InChI is InChI=1S/C15H33N3OS/c1-13(2)11-17(4)5-6-18-7-8-19-15(12-18)10-16-9-14(3)20/h13-16,20H,5-12H2,1-4H3/t14?,15-/m0/s1. The molecule has 0 spiro atoms. The first-order chi connectivity index (χ1) is 9.47. The zero-order valence-corrected chi connectivity index (χ0v) is 14.5. The molecule has 0 saturated carbocycles. The smallest absolute Gasteiger partial charge is 0.0826 e. The second kappa shape index (κ2) is 10.0. The number of ether oxygens (including phenoxy) is 1. The van der Waals surface area contributed by atoms with Crippen LogP contribution in [0.15, 0.2) is 0 Å². The van der Waals surface area contributed by atoms with Crippen molar-refractivity contribution in [1.29, 1.82) is 0 Å². The van der Waals surface area contributed by atoms with Crippen molar-refractivity contribution < 1.29 is 4.74 Å². The molecule has 0 radical (unpaired) electrons. The van der Waals surface area contributed by atoms with Crippen LogP contribution in [-0.2, 0) is 4.74 Å².